The van der Waals surface area contributed by atoms with Crippen molar-refractivity contribution in [1.82, 2.24) is 36.0 Å². The first-order valence-corrected chi connectivity index (χ1v) is 10.3. The molecule has 3 aromatic rings. The summed E-state index contributed by atoms with van der Waals surface area (Å²) in [4.78, 5) is 27.8. The van der Waals surface area contributed by atoms with E-state index < -0.39 is 6.04 Å². The van der Waals surface area contributed by atoms with Crippen LogP contribution in [0.25, 0.3) is 11.3 Å². The quantitative estimate of drug-likeness (QED) is 0.604. The number of fused-ring (bicyclic) bond motifs is 1. The first-order valence-electron chi connectivity index (χ1n) is 9.44. The number of nitrogens with zero attached hydrogens (tertiary/aromatic N) is 5. The molecule has 2 N–H and O–H groups in total. The Morgan fingerprint density at radius 2 is 2.07 bits per heavy atom. The number of hydrogen-bond donors (Lipinski definition) is 2. The molecule has 2 aliphatic heterocycles. The molecular formula is C19H19N7O3S. The highest BCUT2D eigenvalue weighted by atomic mass is 32.2. The van der Waals surface area contributed by atoms with Gasteiger partial charge in [0.2, 0.25) is 5.91 Å². The van der Waals surface area contributed by atoms with Crippen LogP contribution in [0, 0.1) is 6.92 Å². The number of amides is 2. The Labute approximate surface area is 175 Å². The maximum atomic E-state index is 13.1. The number of β-lactam (4-membered cyclic amide) rings is 1. The smallest absolute Gasteiger partial charge is 0.257 e. The van der Waals surface area contributed by atoms with Crippen LogP contribution in [0.3, 0.4) is 0 Å². The van der Waals surface area contributed by atoms with Crippen LogP contribution in [0.5, 0.6) is 0 Å². The van der Waals surface area contributed by atoms with Crippen LogP contribution >= 0.6 is 11.8 Å². The predicted molar refractivity (Wildman–Crippen MR) is 107 cm³/mol. The van der Waals surface area contributed by atoms with Crippen molar-refractivity contribution in [2.75, 3.05) is 0 Å². The van der Waals surface area contributed by atoms with Gasteiger partial charge in [-0.2, -0.15) is 0 Å². The Bertz CT molecular complexity index is 1110. The van der Waals surface area contributed by atoms with Crippen LogP contribution in [0.1, 0.15) is 41.8 Å². The fourth-order valence-electron chi connectivity index (χ4n) is 4.12. The molecule has 5 rings (SSSR count). The molecule has 2 aliphatic rings. The van der Waals surface area contributed by atoms with Gasteiger partial charge in [-0.1, -0.05) is 35.5 Å². The monoisotopic (exact) mass is 425 g/mol. The molecule has 2 saturated heterocycles. The fourth-order valence-corrected chi connectivity index (χ4v) is 5.75. The molecule has 1 aromatic carbocycles. The summed E-state index contributed by atoms with van der Waals surface area (Å²) in [5, 5.41) is 20.8. The summed E-state index contributed by atoms with van der Waals surface area (Å²) in [6.07, 6.45) is 0. The fraction of sp³-hybridized carbons (Fsp3) is 0.368. The summed E-state index contributed by atoms with van der Waals surface area (Å²) < 4.78 is 4.96. The molecule has 2 aromatic heterocycles. The molecular weight excluding hydrogens is 406 g/mol. The second-order valence-corrected chi connectivity index (χ2v) is 9.60. The third-order valence-electron chi connectivity index (χ3n) is 5.49. The number of carbonyl (C=O) groups excluding carboxylic acids is 2. The van der Waals surface area contributed by atoms with Crippen molar-refractivity contribution in [1.29, 1.82) is 0 Å². The van der Waals surface area contributed by atoms with Crippen LogP contribution in [0.2, 0.25) is 0 Å². The van der Waals surface area contributed by atoms with E-state index in [1.165, 1.54) is 0 Å². The van der Waals surface area contributed by atoms with Crippen molar-refractivity contribution < 1.29 is 14.1 Å². The Kier molecular flexibility index (Phi) is 4.17. The summed E-state index contributed by atoms with van der Waals surface area (Å²) in [5.41, 5.74) is 1.57. The van der Waals surface area contributed by atoms with Crippen LogP contribution in [-0.2, 0) is 4.79 Å². The molecule has 0 bridgehead atoms. The number of aromatic nitrogens is 5. The van der Waals surface area contributed by atoms with Crippen molar-refractivity contribution in [3.8, 4) is 11.3 Å². The zero-order valence-corrected chi connectivity index (χ0v) is 17.3. The van der Waals surface area contributed by atoms with Crippen molar-refractivity contribution >= 4 is 23.6 Å². The number of H-pyrrole nitrogens is 1. The third-order valence-corrected chi connectivity index (χ3v) is 7.06. The van der Waals surface area contributed by atoms with E-state index in [4.69, 9.17) is 4.52 Å². The molecule has 0 radical (unpaired) electrons. The molecule has 3 atom stereocenters. The van der Waals surface area contributed by atoms with E-state index in [-0.39, 0.29) is 28.0 Å². The lowest BCUT2D eigenvalue weighted by molar-refractivity contribution is -0.148. The minimum absolute atomic E-state index is 0.164. The minimum atomic E-state index is -0.638. The number of rotatable bonds is 4. The zero-order valence-electron chi connectivity index (χ0n) is 16.5. The lowest BCUT2D eigenvalue weighted by Crippen LogP contribution is -2.67. The molecule has 0 aliphatic carbocycles. The Hall–Kier alpha value is -3.21. The molecule has 0 spiro atoms. The van der Waals surface area contributed by atoms with Gasteiger partial charge in [0, 0.05) is 10.3 Å². The average molecular weight is 425 g/mol. The number of benzene rings is 1. The number of carbonyl (C=O) groups is 2. The van der Waals surface area contributed by atoms with E-state index in [2.05, 4.69) is 31.1 Å². The lowest BCUT2D eigenvalue weighted by Gasteiger charge is -2.44. The average Bonchev–Trinajstić information content (AvgIpc) is 3.43. The van der Waals surface area contributed by atoms with Gasteiger partial charge in [0.25, 0.3) is 5.91 Å². The highest BCUT2D eigenvalue weighted by molar-refractivity contribution is 8.01. The number of nitrogens with one attached hydrogen (secondary N) is 2. The van der Waals surface area contributed by atoms with E-state index in [0.717, 1.165) is 5.56 Å². The summed E-state index contributed by atoms with van der Waals surface area (Å²) >= 11 is 1.62. The van der Waals surface area contributed by atoms with E-state index in [0.29, 0.717) is 22.8 Å². The van der Waals surface area contributed by atoms with E-state index in [9.17, 15) is 9.59 Å². The molecule has 4 heterocycles. The summed E-state index contributed by atoms with van der Waals surface area (Å²) in [7, 11) is 0. The van der Waals surface area contributed by atoms with Gasteiger partial charge >= 0.3 is 0 Å². The zero-order chi connectivity index (χ0) is 21.0. The van der Waals surface area contributed by atoms with Gasteiger partial charge in [-0.15, -0.1) is 16.9 Å². The number of aromatic amines is 1. The SMILES string of the molecule is Cc1onc(-c2ccccc2)c1C(=O)NC1C(=O)N2C(c3nnn[nH]3)C(C)(C)S[C@@H]12. The molecule has 11 heteroatoms. The molecule has 154 valence electrons. The maximum Gasteiger partial charge on any atom is 0.257 e. The van der Waals surface area contributed by atoms with Crippen LogP contribution in [0.4, 0.5) is 0 Å². The first-order chi connectivity index (χ1) is 14.4. The maximum absolute atomic E-state index is 13.1. The van der Waals surface area contributed by atoms with Gasteiger partial charge in [-0.3, -0.25) is 9.59 Å². The Balaban J connectivity index is 1.39. The number of tetrazole rings is 1. The molecule has 2 unspecified atom stereocenters. The van der Waals surface area contributed by atoms with Gasteiger partial charge in [-0.05, 0) is 31.2 Å². The van der Waals surface area contributed by atoms with Crippen molar-refractivity contribution in [3.63, 3.8) is 0 Å². The number of hydrogen-bond acceptors (Lipinski definition) is 8. The third kappa shape index (κ3) is 2.72. The van der Waals surface area contributed by atoms with E-state index >= 15 is 0 Å². The van der Waals surface area contributed by atoms with E-state index in [1.54, 1.807) is 23.6 Å². The highest BCUT2D eigenvalue weighted by Gasteiger charge is 2.63. The van der Waals surface area contributed by atoms with Gasteiger partial charge in [-0.25, -0.2) is 5.10 Å². The number of aryl methyl sites for hydroxylation is 1. The van der Waals surface area contributed by atoms with Gasteiger partial charge in [0.1, 0.15) is 34.5 Å². The van der Waals surface area contributed by atoms with Crippen LogP contribution in [0.15, 0.2) is 34.9 Å². The van der Waals surface area contributed by atoms with Crippen LogP contribution < -0.4 is 5.32 Å². The van der Waals surface area contributed by atoms with Crippen molar-refractivity contribution in [2.45, 2.75) is 43.0 Å². The lowest BCUT2D eigenvalue weighted by atomic mass is 9.95. The summed E-state index contributed by atoms with van der Waals surface area (Å²) in [6.45, 7) is 5.75. The molecule has 30 heavy (non-hydrogen) atoms. The van der Waals surface area contributed by atoms with Gasteiger partial charge in [0.05, 0.1) is 0 Å². The summed E-state index contributed by atoms with van der Waals surface area (Å²) in [5.74, 6) is 0.395. The highest BCUT2D eigenvalue weighted by Crippen LogP contribution is 2.56. The van der Waals surface area contributed by atoms with Crippen molar-refractivity contribution in [2.24, 2.45) is 0 Å². The Morgan fingerprint density at radius 3 is 2.77 bits per heavy atom. The second-order valence-electron chi connectivity index (χ2n) is 7.83. The first kappa shape index (κ1) is 18.8. The normalized spacial score (nSPS) is 24.4. The molecule has 0 saturated carbocycles. The van der Waals surface area contributed by atoms with Gasteiger partial charge in [0.15, 0.2) is 5.82 Å². The van der Waals surface area contributed by atoms with Crippen LogP contribution in [-0.4, -0.2) is 58.7 Å². The topological polar surface area (TPSA) is 130 Å². The largest absolute Gasteiger partial charge is 0.360 e. The molecule has 2 amide bonds. The Morgan fingerprint density at radius 1 is 1.30 bits per heavy atom. The van der Waals surface area contributed by atoms with Gasteiger partial charge < -0.3 is 14.7 Å². The minimum Gasteiger partial charge on any atom is -0.360 e. The summed E-state index contributed by atoms with van der Waals surface area (Å²) in [6, 6.07) is 8.40. The molecule has 10 nitrogen and oxygen atoms in total. The predicted octanol–water partition coefficient (Wildman–Crippen LogP) is 1.70. The van der Waals surface area contributed by atoms with E-state index in [1.807, 2.05) is 44.2 Å². The second kappa shape index (κ2) is 6.66. The van der Waals surface area contributed by atoms with Crippen molar-refractivity contribution in [3.05, 3.63) is 47.5 Å². The number of thioether (sulfide) groups is 1. The standard InChI is InChI=1S/C19H19N7O3S/c1-9-11(12(23-29-9)10-7-5-4-6-8-10)16(27)20-13-17(28)26-14(15-21-24-25-22-15)19(2,3)30-18(13)26/h4-8,13-14,18H,1-3H3,(H,20,27)(H,21,22,24,25)/t13?,14?,18-/m0/s1. The molecule has 2 fully saturated rings.